The maximum atomic E-state index is 14.9. The zero-order chi connectivity index (χ0) is 23.7. The number of aromatic amines is 1. The molecule has 0 amide bonds. The van der Waals surface area contributed by atoms with E-state index in [1.165, 1.54) is 0 Å². The van der Waals surface area contributed by atoms with Gasteiger partial charge in [0.05, 0.1) is 28.9 Å². The number of aromatic nitrogens is 6. The van der Waals surface area contributed by atoms with Gasteiger partial charge in [-0.2, -0.15) is 10.2 Å². The number of hydrogen-bond acceptors (Lipinski definition) is 7. The van der Waals surface area contributed by atoms with E-state index < -0.39 is 12.2 Å². The highest BCUT2D eigenvalue weighted by Gasteiger charge is 2.48. The number of nitrogens with zero attached hydrogens (tertiary/aromatic N) is 6. The Labute approximate surface area is 200 Å². The van der Waals surface area contributed by atoms with Crippen molar-refractivity contribution in [1.29, 1.82) is 0 Å². The molecule has 1 aromatic carbocycles. The molecule has 0 unspecified atom stereocenters. The van der Waals surface area contributed by atoms with E-state index in [-0.39, 0.29) is 24.7 Å². The van der Waals surface area contributed by atoms with Crippen molar-refractivity contribution in [3.63, 3.8) is 0 Å². The molecule has 3 aromatic heterocycles. The molecular weight excluding hydrogens is 459 g/mol. The fourth-order valence-electron chi connectivity index (χ4n) is 5.41. The first-order chi connectivity index (χ1) is 16.4. The lowest BCUT2D eigenvalue weighted by Gasteiger charge is -2.41. The van der Waals surface area contributed by atoms with E-state index in [9.17, 15) is 9.50 Å². The molecule has 2 aliphatic heterocycles. The lowest BCUT2D eigenvalue weighted by Crippen LogP contribution is -2.56. The highest BCUT2D eigenvalue weighted by atomic mass is 35.5. The number of H-pyrrole nitrogens is 1. The summed E-state index contributed by atoms with van der Waals surface area (Å²) in [4.78, 5) is 11.4. The van der Waals surface area contributed by atoms with Crippen molar-refractivity contribution in [3.8, 4) is 11.3 Å². The molecule has 178 valence electrons. The Hall–Kier alpha value is -2.82. The van der Waals surface area contributed by atoms with E-state index in [0.717, 1.165) is 22.9 Å². The van der Waals surface area contributed by atoms with E-state index in [2.05, 4.69) is 29.1 Å². The van der Waals surface area contributed by atoms with Gasteiger partial charge in [-0.25, -0.2) is 14.4 Å². The molecule has 2 bridgehead atoms. The molecule has 0 aliphatic carbocycles. The van der Waals surface area contributed by atoms with Crippen LogP contribution >= 0.6 is 11.6 Å². The van der Waals surface area contributed by atoms with Gasteiger partial charge in [-0.1, -0.05) is 11.6 Å². The Morgan fingerprint density at radius 3 is 2.88 bits per heavy atom. The van der Waals surface area contributed by atoms with Crippen molar-refractivity contribution in [1.82, 2.24) is 29.9 Å². The van der Waals surface area contributed by atoms with Crippen LogP contribution in [0.4, 0.5) is 10.2 Å². The van der Waals surface area contributed by atoms with Gasteiger partial charge in [0.2, 0.25) is 5.65 Å². The zero-order valence-corrected chi connectivity index (χ0v) is 19.7. The van der Waals surface area contributed by atoms with Crippen LogP contribution in [0.25, 0.3) is 33.3 Å². The minimum Gasteiger partial charge on any atom is -0.390 e. The third-order valence-electron chi connectivity index (χ3n) is 7.14. The fourth-order valence-corrected chi connectivity index (χ4v) is 5.72. The van der Waals surface area contributed by atoms with Crippen LogP contribution in [-0.2, 0) is 6.61 Å². The number of aliphatic hydroxyl groups excluding tert-OH is 1. The third kappa shape index (κ3) is 3.12. The van der Waals surface area contributed by atoms with Gasteiger partial charge in [0.15, 0.2) is 5.82 Å². The quantitative estimate of drug-likeness (QED) is 0.405. The van der Waals surface area contributed by atoms with Crippen molar-refractivity contribution >= 4 is 39.5 Å². The topological polar surface area (TPSA) is 122 Å². The number of hydrogen-bond donors (Lipinski definition) is 3. The van der Waals surface area contributed by atoms with Crippen LogP contribution in [0.2, 0.25) is 5.02 Å². The van der Waals surface area contributed by atoms with E-state index in [1.807, 2.05) is 27.9 Å². The number of rotatable bonds is 4. The molecule has 4 aromatic rings. The highest BCUT2D eigenvalue weighted by molar-refractivity contribution is 6.38. The summed E-state index contributed by atoms with van der Waals surface area (Å²) in [5.41, 5.74) is 9.43. The molecule has 4 atom stereocenters. The molecular formula is C23H26ClFN8O. The van der Waals surface area contributed by atoms with Gasteiger partial charge in [0.1, 0.15) is 17.4 Å². The summed E-state index contributed by atoms with van der Waals surface area (Å²) in [5, 5.41) is 23.5. The second kappa shape index (κ2) is 7.86. The van der Waals surface area contributed by atoms with Crippen molar-refractivity contribution in [3.05, 3.63) is 29.0 Å². The monoisotopic (exact) mass is 484 g/mol. The van der Waals surface area contributed by atoms with Gasteiger partial charge in [-0.05, 0) is 45.2 Å². The van der Waals surface area contributed by atoms with Crippen molar-refractivity contribution in [2.45, 2.75) is 70.1 Å². The van der Waals surface area contributed by atoms with Crippen LogP contribution in [0.3, 0.4) is 0 Å². The Kier molecular flexibility index (Phi) is 5.02. The van der Waals surface area contributed by atoms with E-state index in [4.69, 9.17) is 27.3 Å². The lowest BCUT2D eigenvalue weighted by atomic mass is 9.96. The third-order valence-corrected chi connectivity index (χ3v) is 7.55. The summed E-state index contributed by atoms with van der Waals surface area (Å²) < 4.78 is 16.8. The summed E-state index contributed by atoms with van der Waals surface area (Å²) in [5.74, 6) is 0.481. The summed E-state index contributed by atoms with van der Waals surface area (Å²) in [6.07, 6.45) is 2.88. The maximum Gasteiger partial charge on any atom is 0.202 e. The van der Waals surface area contributed by atoms with Crippen molar-refractivity contribution in [2.24, 2.45) is 5.73 Å². The van der Waals surface area contributed by atoms with E-state index >= 15 is 0 Å². The first kappa shape index (κ1) is 21.7. The Balaban J connectivity index is 1.46. The summed E-state index contributed by atoms with van der Waals surface area (Å²) >= 11 is 6.79. The van der Waals surface area contributed by atoms with Gasteiger partial charge in [0, 0.05) is 35.3 Å². The summed E-state index contributed by atoms with van der Waals surface area (Å²) in [6.45, 7) is 3.79. The van der Waals surface area contributed by atoms with Crippen LogP contribution < -0.4 is 10.6 Å². The number of alkyl halides is 1. The summed E-state index contributed by atoms with van der Waals surface area (Å²) in [6, 6.07) is 3.24. The fraction of sp³-hybridized carbons (Fsp3) is 0.478. The number of halogens is 2. The first-order valence-corrected chi connectivity index (χ1v) is 12.0. The second-order valence-corrected chi connectivity index (χ2v) is 9.91. The standard InChI is InChI=1S/C23H26ClFN8O/c1-10(2)32-8-13-15(31-32)5-4-12(18(13)24)20-21-22(30-29-20)28-23(16(9-34)27-21)33-11-3-6-17(33)19(25)14(26)7-11/h4-5,8,10-11,14,17,19,34H,3,6-7,9,26H2,1-2H3,(H,28,29,30)/t11-,14-,17+,19-/m0/s1. The molecule has 34 heavy (non-hydrogen) atoms. The van der Waals surface area contributed by atoms with Crippen LogP contribution in [-0.4, -0.2) is 59.3 Å². The highest BCUT2D eigenvalue weighted by Crippen LogP contribution is 2.42. The normalized spacial score (nSPS) is 24.7. The molecule has 2 fully saturated rings. The number of benzene rings is 1. The molecule has 5 heterocycles. The van der Waals surface area contributed by atoms with Gasteiger partial charge < -0.3 is 15.7 Å². The number of aliphatic hydroxyl groups is 1. The second-order valence-electron chi connectivity index (χ2n) is 9.54. The summed E-state index contributed by atoms with van der Waals surface area (Å²) in [7, 11) is 0. The molecule has 6 rings (SSSR count). The number of fused-ring (bicyclic) bond motifs is 4. The van der Waals surface area contributed by atoms with E-state index in [0.29, 0.717) is 46.2 Å². The predicted molar refractivity (Wildman–Crippen MR) is 129 cm³/mol. The minimum absolute atomic E-state index is 0.0804. The number of piperidine rings is 1. The zero-order valence-electron chi connectivity index (χ0n) is 18.9. The Morgan fingerprint density at radius 2 is 2.12 bits per heavy atom. The number of anilines is 1. The van der Waals surface area contributed by atoms with Crippen molar-refractivity contribution < 1.29 is 9.50 Å². The number of nitrogens with two attached hydrogens (primary N) is 1. The molecule has 4 N–H and O–H groups in total. The largest absolute Gasteiger partial charge is 0.390 e. The minimum atomic E-state index is -1.14. The maximum absolute atomic E-state index is 14.9. The van der Waals surface area contributed by atoms with Crippen LogP contribution in [0, 0.1) is 0 Å². The van der Waals surface area contributed by atoms with Gasteiger partial charge in [0.25, 0.3) is 0 Å². The van der Waals surface area contributed by atoms with Crippen molar-refractivity contribution in [2.75, 3.05) is 4.90 Å². The first-order valence-electron chi connectivity index (χ1n) is 11.6. The average molecular weight is 485 g/mol. The van der Waals surface area contributed by atoms with Gasteiger partial charge >= 0.3 is 0 Å². The Bertz CT molecular complexity index is 1400. The van der Waals surface area contributed by atoms with Crippen LogP contribution in [0.1, 0.15) is 44.8 Å². The molecule has 2 saturated heterocycles. The smallest absolute Gasteiger partial charge is 0.202 e. The molecule has 0 radical (unpaired) electrons. The molecule has 9 nitrogen and oxygen atoms in total. The molecule has 0 spiro atoms. The SMILES string of the molecule is CC(C)n1cc2c(Cl)c(-c3[nH]nc4nc(N5[C@H]6CC[C@@H]5[C@@H](F)[C@@H](N)C6)c(CO)nc34)ccc2n1. The van der Waals surface area contributed by atoms with Crippen LogP contribution in [0.15, 0.2) is 18.3 Å². The molecule has 11 heteroatoms. The van der Waals surface area contributed by atoms with Crippen LogP contribution in [0.5, 0.6) is 0 Å². The number of nitrogens with one attached hydrogen (secondary N) is 1. The predicted octanol–water partition coefficient (Wildman–Crippen LogP) is 3.50. The molecule has 0 saturated carbocycles. The lowest BCUT2D eigenvalue weighted by molar-refractivity contribution is 0.202. The van der Waals surface area contributed by atoms with E-state index in [1.54, 1.807) is 0 Å². The Morgan fingerprint density at radius 1 is 1.29 bits per heavy atom. The average Bonchev–Trinajstić information content (AvgIpc) is 3.52. The van der Waals surface area contributed by atoms with Gasteiger partial charge in [-0.3, -0.25) is 9.78 Å². The van der Waals surface area contributed by atoms with Gasteiger partial charge in [-0.15, -0.1) is 0 Å². The molecule has 2 aliphatic rings.